The Morgan fingerprint density at radius 2 is 1.83 bits per heavy atom. The number of nitrogens with zero attached hydrogens (tertiary/aromatic N) is 1. The maximum atomic E-state index is 12.5. The third-order valence-corrected chi connectivity index (χ3v) is 5.02. The third-order valence-electron chi connectivity index (χ3n) is 3.64. The van der Waals surface area contributed by atoms with E-state index in [1.54, 1.807) is 49.5 Å². The van der Waals surface area contributed by atoms with Crippen molar-refractivity contribution in [2.75, 3.05) is 23.3 Å². The van der Waals surface area contributed by atoms with Crippen LogP contribution in [0.25, 0.3) is 0 Å². The van der Waals surface area contributed by atoms with Crippen LogP contribution >= 0.6 is 0 Å². The first-order chi connectivity index (χ1) is 10.9. The van der Waals surface area contributed by atoms with E-state index in [4.69, 9.17) is 4.74 Å². The summed E-state index contributed by atoms with van der Waals surface area (Å²) in [5, 5.41) is 0. The molecule has 3 rings (SSSR count). The number of carbonyl (C=O) groups excluding carboxylic acids is 1. The fraction of sp³-hybridized carbons (Fsp3) is 0.188. The fourth-order valence-electron chi connectivity index (χ4n) is 2.35. The van der Waals surface area contributed by atoms with Crippen LogP contribution in [0.3, 0.4) is 0 Å². The zero-order valence-electron chi connectivity index (χ0n) is 12.7. The molecule has 6 nitrogen and oxygen atoms in total. The van der Waals surface area contributed by atoms with Crippen molar-refractivity contribution < 1.29 is 17.9 Å². The van der Waals surface area contributed by atoms with Crippen LogP contribution in [0.15, 0.2) is 47.4 Å². The Balaban J connectivity index is 2.01. The summed E-state index contributed by atoms with van der Waals surface area (Å²) in [6.45, 7) is 1.83. The van der Waals surface area contributed by atoms with Crippen LogP contribution < -0.4 is 14.4 Å². The molecule has 0 aliphatic carbocycles. The zero-order valence-corrected chi connectivity index (χ0v) is 13.6. The standard InChI is InChI=1S/C16H16N2O4S/c1-11-6-8-12(9-7-11)23(20,21)17-13-4-3-5-14-16(13)18(2)15(19)10-22-14/h3-9,17H,10H2,1-2H3. The number of sulfonamides is 1. The van der Waals surface area contributed by atoms with Crippen LogP contribution in [0.4, 0.5) is 11.4 Å². The smallest absolute Gasteiger partial charge is 0.264 e. The molecule has 7 heteroatoms. The first-order valence-corrected chi connectivity index (χ1v) is 8.49. The topological polar surface area (TPSA) is 75.7 Å². The van der Waals surface area contributed by atoms with E-state index in [1.807, 2.05) is 6.92 Å². The predicted molar refractivity (Wildman–Crippen MR) is 87.3 cm³/mol. The van der Waals surface area contributed by atoms with E-state index in [0.717, 1.165) is 5.56 Å². The fourth-order valence-corrected chi connectivity index (χ4v) is 3.42. The minimum atomic E-state index is -3.75. The van der Waals surface area contributed by atoms with Gasteiger partial charge >= 0.3 is 0 Å². The van der Waals surface area contributed by atoms with Gasteiger partial charge in [-0.05, 0) is 31.2 Å². The second kappa shape index (κ2) is 5.58. The lowest BCUT2D eigenvalue weighted by molar-refractivity contribution is -0.120. The average molecular weight is 332 g/mol. The molecule has 1 aliphatic heterocycles. The highest BCUT2D eigenvalue weighted by Crippen LogP contribution is 2.38. The summed E-state index contributed by atoms with van der Waals surface area (Å²) >= 11 is 0. The van der Waals surface area contributed by atoms with Gasteiger partial charge in [-0.15, -0.1) is 0 Å². The predicted octanol–water partition coefficient (Wildman–Crippen LogP) is 2.15. The highest BCUT2D eigenvalue weighted by atomic mass is 32.2. The summed E-state index contributed by atoms with van der Waals surface area (Å²) in [7, 11) is -2.16. The van der Waals surface area contributed by atoms with E-state index >= 15 is 0 Å². The number of fused-ring (bicyclic) bond motifs is 1. The van der Waals surface area contributed by atoms with Crippen LogP contribution in [0.2, 0.25) is 0 Å². The van der Waals surface area contributed by atoms with Crippen molar-refractivity contribution in [3.63, 3.8) is 0 Å². The molecule has 0 bridgehead atoms. The summed E-state index contributed by atoms with van der Waals surface area (Å²) in [4.78, 5) is 13.4. The lowest BCUT2D eigenvalue weighted by Gasteiger charge is -2.28. The first kappa shape index (κ1) is 15.4. The Hall–Kier alpha value is -2.54. The summed E-state index contributed by atoms with van der Waals surface area (Å²) in [6.07, 6.45) is 0. The number of amides is 1. The molecule has 0 fully saturated rings. The second-order valence-electron chi connectivity index (χ2n) is 5.31. The first-order valence-electron chi connectivity index (χ1n) is 7.00. The number of likely N-dealkylation sites (N-methyl/N-ethyl adjacent to an activating group) is 1. The molecule has 0 spiro atoms. The molecule has 0 unspecified atom stereocenters. The normalized spacial score (nSPS) is 14.2. The van der Waals surface area contributed by atoms with E-state index in [-0.39, 0.29) is 17.4 Å². The summed E-state index contributed by atoms with van der Waals surface area (Å²) < 4.78 is 33.0. The highest BCUT2D eigenvalue weighted by molar-refractivity contribution is 7.92. The van der Waals surface area contributed by atoms with Gasteiger partial charge in [-0.1, -0.05) is 23.8 Å². The number of anilines is 2. The highest BCUT2D eigenvalue weighted by Gasteiger charge is 2.27. The van der Waals surface area contributed by atoms with Gasteiger partial charge in [0.05, 0.1) is 10.6 Å². The van der Waals surface area contributed by atoms with Crippen molar-refractivity contribution in [2.24, 2.45) is 0 Å². The number of aryl methyl sites for hydroxylation is 1. The molecular formula is C16H16N2O4S. The molecule has 0 aromatic heterocycles. The minimum absolute atomic E-state index is 0.0579. The molecule has 0 radical (unpaired) electrons. The Morgan fingerprint density at radius 3 is 2.52 bits per heavy atom. The molecule has 0 saturated carbocycles. The molecule has 2 aromatic rings. The van der Waals surface area contributed by atoms with Gasteiger partial charge < -0.3 is 9.64 Å². The molecular weight excluding hydrogens is 316 g/mol. The van der Waals surface area contributed by atoms with Crippen molar-refractivity contribution in [1.29, 1.82) is 0 Å². The van der Waals surface area contributed by atoms with Gasteiger partial charge in [-0.2, -0.15) is 0 Å². The maximum absolute atomic E-state index is 12.5. The van der Waals surface area contributed by atoms with E-state index in [1.165, 1.54) is 4.90 Å². The van der Waals surface area contributed by atoms with Crippen LogP contribution in [0, 0.1) is 6.92 Å². The molecule has 1 N–H and O–H groups in total. The molecule has 0 atom stereocenters. The van der Waals surface area contributed by atoms with E-state index in [2.05, 4.69) is 4.72 Å². The summed E-state index contributed by atoms with van der Waals surface area (Å²) in [5.41, 5.74) is 1.69. The zero-order chi connectivity index (χ0) is 16.6. The van der Waals surface area contributed by atoms with Crippen molar-refractivity contribution in [3.8, 4) is 5.75 Å². The maximum Gasteiger partial charge on any atom is 0.264 e. The molecule has 120 valence electrons. The van der Waals surface area contributed by atoms with E-state index in [0.29, 0.717) is 17.1 Å². The summed E-state index contributed by atoms with van der Waals surface area (Å²) in [6, 6.07) is 11.5. The number of rotatable bonds is 3. The molecule has 1 amide bonds. The monoisotopic (exact) mass is 332 g/mol. The quantitative estimate of drug-likeness (QED) is 0.934. The van der Waals surface area contributed by atoms with Gasteiger partial charge in [-0.25, -0.2) is 8.42 Å². The van der Waals surface area contributed by atoms with Crippen LogP contribution in [0.1, 0.15) is 5.56 Å². The van der Waals surface area contributed by atoms with Gasteiger partial charge in [0, 0.05) is 7.05 Å². The van der Waals surface area contributed by atoms with Crippen molar-refractivity contribution >= 4 is 27.3 Å². The Morgan fingerprint density at radius 1 is 1.13 bits per heavy atom. The minimum Gasteiger partial charge on any atom is -0.481 e. The summed E-state index contributed by atoms with van der Waals surface area (Å²) in [5.74, 6) is 0.232. The number of benzene rings is 2. The van der Waals surface area contributed by atoms with Crippen molar-refractivity contribution in [2.45, 2.75) is 11.8 Å². The largest absolute Gasteiger partial charge is 0.481 e. The van der Waals surface area contributed by atoms with Gasteiger partial charge in [0.1, 0.15) is 11.4 Å². The van der Waals surface area contributed by atoms with Gasteiger partial charge in [0.25, 0.3) is 15.9 Å². The van der Waals surface area contributed by atoms with Crippen LogP contribution in [0.5, 0.6) is 5.75 Å². The van der Waals surface area contributed by atoms with Gasteiger partial charge in [-0.3, -0.25) is 9.52 Å². The lowest BCUT2D eigenvalue weighted by atomic mass is 10.2. The van der Waals surface area contributed by atoms with Gasteiger partial charge in [0.2, 0.25) is 0 Å². The number of hydrogen-bond acceptors (Lipinski definition) is 4. The van der Waals surface area contributed by atoms with E-state index in [9.17, 15) is 13.2 Å². The van der Waals surface area contributed by atoms with Crippen LogP contribution in [-0.2, 0) is 14.8 Å². The second-order valence-corrected chi connectivity index (χ2v) is 6.99. The number of carbonyl (C=O) groups is 1. The SMILES string of the molecule is Cc1ccc(S(=O)(=O)Nc2cccc3c2N(C)C(=O)CO3)cc1. The van der Waals surface area contributed by atoms with Crippen molar-refractivity contribution in [1.82, 2.24) is 0 Å². The lowest BCUT2D eigenvalue weighted by Crippen LogP contribution is -2.36. The molecule has 2 aromatic carbocycles. The number of nitrogens with one attached hydrogen (secondary N) is 1. The number of hydrogen-bond donors (Lipinski definition) is 1. The molecule has 1 heterocycles. The average Bonchev–Trinajstić information content (AvgIpc) is 2.51. The Labute approximate surface area is 134 Å². The third kappa shape index (κ3) is 2.87. The number of ether oxygens (including phenoxy) is 1. The Bertz CT molecular complexity index is 860. The van der Waals surface area contributed by atoms with Crippen molar-refractivity contribution in [3.05, 3.63) is 48.0 Å². The van der Waals surface area contributed by atoms with Crippen LogP contribution in [-0.4, -0.2) is 28.0 Å². The molecule has 23 heavy (non-hydrogen) atoms. The molecule has 0 saturated heterocycles. The van der Waals surface area contributed by atoms with E-state index < -0.39 is 10.0 Å². The molecule has 1 aliphatic rings. The van der Waals surface area contributed by atoms with Gasteiger partial charge in [0.15, 0.2) is 6.61 Å². The Kier molecular flexibility index (Phi) is 3.73. The number of para-hydroxylation sites is 1.